The normalized spacial score (nSPS) is 13.3. The van der Waals surface area contributed by atoms with Gasteiger partial charge in [-0.1, -0.05) is 48.0 Å². The molecule has 1 amide bonds. The van der Waals surface area contributed by atoms with Crippen LogP contribution in [0.5, 0.6) is 0 Å². The molecule has 0 radical (unpaired) electrons. The maximum atomic E-state index is 13.2. The average molecular weight is 488 g/mol. The summed E-state index contributed by atoms with van der Waals surface area (Å²) in [5, 5.41) is 3.73. The van der Waals surface area contributed by atoms with Crippen LogP contribution >= 0.6 is 11.6 Å². The Morgan fingerprint density at radius 3 is 2.66 bits per heavy atom. The van der Waals surface area contributed by atoms with Gasteiger partial charge in [0, 0.05) is 29.2 Å². The van der Waals surface area contributed by atoms with Crippen molar-refractivity contribution in [1.29, 1.82) is 0 Å². The minimum absolute atomic E-state index is 0.110. The number of carbonyl (C=O) groups is 2. The highest BCUT2D eigenvalue weighted by atomic mass is 35.5. The first kappa shape index (κ1) is 22.8. The smallest absolute Gasteiger partial charge is 0.339 e. The number of halogens is 1. The molecule has 0 spiro atoms. The quantitative estimate of drug-likeness (QED) is 0.407. The summed E-state index contributed by atoms with van der Waals surface area (Å²) in [6, 6.07) is 18.6. The molecule has 1 aliphatic rings. The first-order chi connectivity index (χ1) is 16.9. The van der Waals surface area contributed by atoms with Crippen molar-refractivity contribution >= 4 is 40.1 Å². The van der Waals surface area contributed by atoms with E-state index in [0.29, 0.717) is 39.5 Å². The lowest BCUT2D eigenvalue weighted by atomic mass is 10.1. The summed E-state index contributed by atoms with van der Waals surface area (Å²) >= 11 is 6.19. The van der Waals surface area contributed by atoms with Crippen molar-refractivity contribution in [2.75, 3.05) is 5.32 Å². The lowest BCUT2D eigenvalue weighted by Crippen LogP contribution is -2.26. The standard InChI is InChI=1S/C27H22ClN3O4/c1-16-9-11-19(15-21(16)28)29-25(32)24(17-6-3-2-4-7-17)35-27(34)18-10-12-20-22(14-18)30-23-8-5-13-31(23)26(20)33/h2-4,6-7,9-12,14-15,24H,5,8,13H2,1H3,(H,29,32). The third-order valence-electron chi connectivity index (χ3n) is 6.06. The molecule has 8 heteroatoms. The van der Waals surface area contributed by atoms with Gasteiger partial charge < -0.3 is 10.1 Å². The first-order valence-corrected chi connectivity index (χ1v) is 11.6. The van der Waals surface area contributed by atoms with Gasteiger partial charge in [0.25, 0.3) is 11.5 Å². The zero-order chi connectivity index (χ0) is 24.5. The summed E-state index contributed by atoms with van der Waals surface area (Å²) in [5.41, 5.74) is 2.43. The van der Waals surface area contributed by atoms with Crippen molar-refractivity contribution in [3.05, 3.63) is 105 Å². The van der Waals surface area contributed by atoms with Crippen molar-refractivity contribution < 1.29 is 14.3 Å². The van der Waals surface area contributed by atoms with Crippen LogP contribution in [0.1, 0.15) is 39.8 Å². The van der Waals surface area contributed by atoms with E-state index in [-0.39, 0.29) is 11.1 Å². The molecule has 3 aromatic carbocycles. The van der Waals surface area contributed by atoms with Gasteiger partial charge in [-0.15, -0.1) is 0 Å². The average Bonchev–Trinajstić information content (AvgIpc) is 3.34. The molecule has 1 unspecified atom stereocenters. The summed E-state index contributed by atoms with van der Waals surface area (Å²) < 4.78 is 7.36. The van der Waals surface area contributed by atoms with Crippen LogP contribution in [0.2, 0.25) is 5.02 Å². The van der Waals surface area contributed by atoms with E-state index in [1.807, 2.05) is 13.0 Å². The third kappa shape index (κ3) is 4.55. The van der Waals surface area contributed by atoms with Crippen LogP contribution in [0.3, 0.4) is 0 Å². The van der Waals surface area contributed by atoms with Crippen LogP contribution in [-0.4, -0.2) is 21.4 Å². The van der Waals surface area contributed by atoms with Gasteiger partial charge in [-0.25, -0.2) is 9.78 Å². The lowest BCUT2D eigenvalue weighted by molar-refractivity contribution is -0.125. The maximum Gasteiger partial charge on any atom is 0.339 e. The highest BCUT2D eigenvalue weighted by Crippen LogP contribution is 2.25. The molecule has 0 saturated carbocycles. The molecule has 176 valence electrons. The second-order valence-corrected chi connectivity index (χ2v) is 8.88. The summed E-state index contributed by atoms with van der Waals surface area (Å²) in [5.74, 6) is -0.494. The summed E-state index contributed by atoms with van der Waals surface area (Å²) in [6.45, 7) is 2.52. The minimum atomic E-state index is -1.20. The predicted molar refractivity (Wildman–Crippen MR) is 134 cm³/mol. The van der Waals surface area contributed by atoms with Crippen LogP contribution in [-0.2, 0) is 22.5 Å². The zero-order valence-corrected chi connectivity index (χ0v) is 19.7. The molecule has 7 nitrogen and oxygen atoms in total. The van der Waals surface area contributed by atoms with E-state index in [2.05, 4.69) is 10.3 Å². The fraction of sp³-hybridized carbons (Fsp3) is 0.185. The highest BCUT2D eigenvalue weighted by Gasteiger charge is 2.26. The van der Waals surface area contributed by atoms with Crippen molar-refractivity contribution in [3.63, 3.8) is 0 Å². The molecule has 2 heterocycles. The van der Waals surface area contributed by atoms with E-state index in [0.717, 1.165) is 18.4 Å². The van der Waals surface area contributed by atoms with Gasteiger partial charge in [0.2, 0.25) is 6.10 Å². The second kappa shape index (κ2) is 9.35. The Labute approximate surface area is 206 Å². The third-order valence-corrected chi connectivity index (χ3v) is 6.46. The van der Waals surface area contributed by atoms with Crippen molar-refractivity contribution in [2.24, 2.45) is 0 Å². The minimum Gasteiger partial charge on any atom is -0.444 e. The van der Waals surface area contributed by atoms with Gasteiger partial charge in [0.1, 0.15) is 5.82 Å². The first-order valence-electron chi connectivity index (χ1n) is 11.3. The molecule has 1 N–H and O–H groups in total. The highest BCUT2D eigenvalue weighted by molar-refractivity contribution is 6.31. The number of fused-ring (bicyclic) bond motifs is 2. The topological polar surface area (TPSA) is 90.3 Å². The zero-order valence-electron chi connectivity index (χ0n) is 19.0. The van der Waals surface area contributed by atoms with Crippen molar-refractivity contribution in [2.45, 2.75) is 32.4 Å². The molecular formula is C27H22ClN3O4. The molecule has 0 saturated heterocycles. The molecule has 1 aromatic heterocycles. The number of hydrogen-bond donors (Lipinski definition) is 1. The number of carbonyl (C=O) groups excluding carboxylic acids is 2. The Hall–Kier alpha value is -3.97. The number of rotatable bonds is 5. The molecule has 35 heavy (non-hydrogen) atoms. The van der Waals surface area contributed by atoms with E-state index in [1.54, 1.807) is 53.1 Å². The second-order valence-electron chi connectivity index (χ2n) is 8.47. The van der Waals surface area contributed by atoms with E-state index in [9.17, 15) is 14.4 Å². The molecule has 0 bridgehead atoms. The van der Waals surface area contributed by atoms with Gasteiger partial charge >= 0.3 is 5.97 Å². The number of aromatic nitrogens is 2. The number of benzene rings is 3. The fourth-order valence-electron chi connectivity index (χ4n) is 4.16. The Morgan fingerprint density at radius 1 is 1.09 bits per heavy atom. The molecular weight excluding hydrogens is 466 g/mol. The SMILES string of the molecule is Cc1ccc(NC(=O)C(OC(=O)c2ccc3c(=O)n4c(nc3c2)CCC4)c2ccccc2)cc1Cl. The van der Waals surface area contributed by atoms with Crippen LogP contribution in [0.25, 0.3) is 10.9 Å². The lowest BCUT2D eigenvalue weighted by Gasteiger charge is -2.18. The Kier molecular flexibility index (Phi) is 6.09. The molecule has 1 atom stereocenters. The number of anilines is 1. The summed E-state index contributed by atoms with van der Waals surface area (Å²) in [7, 11) is 0. The number of amides is 1. The molecule has 4 aromatic rings. The van der Waals surface area contributed by atoms with Gasteiger partial charge in [-0.05, 0) is 49.2 Å². The van der Waals surface area contributed by atoms with E-state index >= 15 is 0 Å². The Morgan fingerprint density at radius 2 is 1.89 bits per heavy atom. The van der Waals surface area contributed by atoms with E-state index in [4.69, 9.17) is 16.3 Å². The fourth-order valence-corrected chi connectivity index (χ4v) is 4.35. The van der Waals surface area contributed by atoms with E-state index < -0.39 is 18.0 Å². The predicted octanol–water partition coefficient (Wildman–Crippen LogP) is 4.84. The molecule has 0 fully saturated rings. The number of nitrogens with one attached hydrogen (secondary N) is 1. The van der Waals surface area contributed by atoms with Gasteiger partial charge in [-0.2, -0.15) is 0 Å². The van der Waals surface area contributed by atoms with Gasteiger partial charge in [-0.3, -0.25) is 14.2 Å². The number of esters is 1. The maximum absolute atomic E-state index is 13.2. The van der Waals surface area contributed by atoms with Gasteiger partial charge in [0.15, 0.2) is 0 Å². The monoisotopic (exact) mass is 487 g/mol. The van der Waals surface area contributed by atoms with Crippen LogP contribution in [0.15, 0.2) is 71.5 Å². The molecule has 0 aliphatic carbocycles. The van der Waals surface area contributed by atoms with E-state index in [1.165, 1.54) is 12.1 Å². The summed E-state index contributed by atoms with van der Waals surface area (Å²) in [4.78, 5) is 43.6. The summed E-state index contributed by atoms with van der Waals surface area (Å²) in [6.07, 6.45) is 0.394. The number of hydrogen-bond acceptors (Lipinski definition) is 5. The van der Waals surface area contributed by atoms with Crippen LogP contribution in [0.4, 0.5) is 5.69 Å². The molecule has 5 rings (SSSR count). The van der Waals surface area contributed by atoms with Crippen molar-refractivity contribution in [1.82, 2.24) is 9.55 Å². The van der Waals surface area contributed by atoms with Crippen LogP contribution < -0.4 is 10.9 Å². The largest absolute Gasteiger partial charge is 0.444 e. The number of ether oxygens (including phenoxy) is 1. The van der Waals surface area contributed by atoms with Gasteiger partial charge in [0.05, 0.1) is 16.5 Å². The Balaban J connectivity index is 1.44. The molecule has 1 aliphatic heterocycles. The van der Waals surface area contributed by atoms with Crippen LogP contribution in [0, 0.1) is 6.92 Å². The Bertz CT molecular complexity index is 1510. The number of nitrogens with zero attached hydrogens (tertiary/aromatic N) is 2. The number of aryl methyl sites for hydroxylation is 2. The van der Waals surface area contributed by atoms with Crippen molar-refractivity contribution in [3.8, 4) is 0 Å².